The fraction of sp³-hybridized carbons (Fsp3) is 0.0789. The van der Waals surface area contributed by atoms with Crippen molar-refractivity contribution < 1.29 is 4.74 Å². The summed E-state index contributed by atoms with van der Waals surface area (Å²) >= 11 is 0. The first kappa shape index (κ1) is 26.4. The minimum absolute atomic E-state index is 0.588. The van der Waals surface area contributed by atoms with Gasteiger partial charge in [0.05, 0.1) is 18.3 Å². The van der Waals surface area contributed by atoms with Crippen LogP contribution in [0.2, 0.25) is 0 Å². The molecule has 0 amide bonds. The predicted octanol–water partition coefficient (Wildman–Crippen LogP) is 8.32. The van der Waals surface area contributed by atoms with Crippen molar-refractivity contribution in [2.45, 2.75) is 12.5 Å². The van der Waals surface area contributed by atoms with Crippen molar-refractivity contribution in [2.75, 3.05) is 7.11 Å². The Morgan fingerprint density at radius 2 is 1.23 bits per heavy atom. The summed E-state index contributed by atoms with van der Waals surface area (Å²) < 4.78 is 7.41. The lowest BCUT2D eigenvalue weighted by Gasteiger charge is -2.36. The Hall–Kier alpha value is -5.55. The zero-order valence-corrected chi connectivity index (χ0v) is 24.1. The van der Waals surface area contributed by atoms with Crippen molar-refractivity contribution >= 4 is 10.9 Å². The number of hydrogen-bond donors (Lipinski definition) is 0. The standard InChI is InChI=1S/C38H30N4O/c1-27-35(28-18-20-36-34(24-28)33(22-23-39-36)29-19-21-37(43-2)40-25-29)26-42(41-27)38(30-12-6-3-7-13-30,31-14-8-4-9-15-31)32-16-10-5-11-17-32/h3-26H,1-2H3. The zero-order valence-electron chi connectivity index (χ0n) is 24.1. The van der Waals surface area contributed by atoms with Gasteiger partial charge in [-0.1, -0.05) is 97.1 Å². The number of fused-ring (bicyclic) bond motifs is 1. The molecular weight excluding hydrogens is 528 g/mol. The van der Waals surface area contributed by atoms with E-state index in [0.717, 1.165) is 55.5 Å². The average Bonchev–Trinajstić information content (AvgIpc) is 3.47. The van der Waals surface area contributed by atoms with Gasteiger partial charge in [-0.3, -0.25) is 9.67 Å². The van der Waals surface area contributed by atoms with E-state index < -0.39 is 5.54 Å². The van der Waals surface area contributed by atoms with E-state index in [9.17, 15) is 0 Å². The summed E-state index contributed by atoms with van der Waals surface area (Å²) in [6.07, 6.45) is 5.88. The van der Waals surface area contributed by atoms with Crippen LogP contribution >= 0.6 is 0 Å². The second-order valence-corrected chi connectivity index (χ2v) is 10.6. The molecule has 7 aromatic rings. The molecule has 0 bridgehead atoms. The molecule has 0 spiro atoms. The molecule has 0 saturated carbocycles. The van der Waals surface area contributed by atoms with Crippen LogP contribution in [0.3, 0.4) is 0 Å². The summed E-state index contributed by atoms with van der Waals surface area (Å²) in [5, 5.41) is 6.30. The van der Waals surface area contributed by atoms with Crippen molar-refractivity contribution in [3.8, 4) is 28.1 Å². The van der Waals surface area contributed by atoms with Crippen molar-refractivity contribution in [3.05, 3.63) is 168 Å². The van der Waals surface area contributed by atoms with Gasteiger partial charge in [-0.05, 0) is 59.0 Å². The quantitative estimate of drug-likeness (QED) is 0.185. The number of ether oxygens (including phenoxy) is 1. The van der Waals surface area contributed by atoms with Crippen LogP contribution in [0.4, 0.5) is 0 Å². The van der Waals surface area contributed by atoms with Crippen molar-refractivity contribution in [1.29, 1.82) is 0 Å². The number of aryl methyl sites for hydroxylation is 1. The smallest absolute Gasteiger partial charge is 0.212 e. The monoisotopic (exact) mass is 558 g/mol. The van der Waals surface area contributed by atoms with E-state index in [1.807, 2.05) is 30.6 Å². The van der Waals surface area contributed by atoms with Crippen molar-refractivity contribution in [1.82, 2.24) is 19.7 Å². The third-order valence-electron chi connectivity index (χ3n) is 8.13. The maximum Gasteiger partial charge on any atom is 0.212 e. The van der Waals surface area contributed by atoms with E-state index in [1.54, 1.807) is 7.11 Å². The number of pyridine rings is 2. The van der Waals surface area contributed by atoms with Crippen molar-refractivity contribution in [3.63, 3.8) is 0 Å². The SMILES string of the molecule is COc1ccc(-c2ccnc3ccc(-c4cn(C(c5ccccc5)(c5ccccc5)c5ccccc5)nc4C)cc23)cn1. The van der Waals surface area contributed by atoms with Gasteiger partial charge in [0.25, 0.3) is 0 Å². The molecule has 4 aromatic carbocycles. The van der Waals surface area contributed by atoms with E-state index in [2.05, 4.69) is 137 Å². The number of rotatable bonds is 7. The van der Waals surface area contributed by atoms with Gasteiger partial charge in [0.15, 0.2) is 0 Å². The van der Waals surface area contributed by atoms with Gasteiger partial charge in [-0.15, -0.1) is 0 Å². The molecule has 0 aliphatic rings. The Morgan fingerprint density at radius 1 is 0.628 bits per heavy atom. The van der Waals surface area contributed by atoms with Gasteiger partial charge in [0.1, 0.15) is 5.54 Å². The Labute approximate surface area is 251 Å². The second kappa shape index (κ2) is 11.0. The highest BCUT2D eigenvalue weighted by molar-refractivity contribution is 5.96. The molecular formula is C38H30N4O. The Kier molecular flexibility index (Phi) is 6.76. The molecule has 0 unspecified atom stereocenters. The first-order valence-corrected chi connectivity index (χ1v) is 14.3. The highest BCUT2D eigenvalue weighted by Crippen LogP contribution is 2.42. The lowest BCUT2D eigenvalue weighted by Crippen LogP contribution is -2.38. The fourth-order valence-corrected chi connectivity index (χ4v) is 6.08. The van der Waals surface area contributed by atoms with Gasteiger partial charge in [-0.25, -0.2) is 4.98 Å². The number of methoxy groups -OCH3 is 1. The maximum atomic E-state index is 5.28. The Balaban J connectivity index is 1.44. The lowest BCUT2D eigenvalue weighted by atomic mass is 9.77. The first-order valence-electron chi connectivity index (χ1n) is 14.3. The highest BCUT2D eigenvalue weighted by Gasteiger charge is 2.39. The minimum atomic E-state index is -0.675. The molecule has 0 aliphatic carbocycles. The average molecular weight is 559 g/mol. The second-order valence-electron chi connectivity index (χ2n) is 10.6. The first-order chi connectivity index (χ1) is 21.2. The molecule has 0 aliphatic heterocycles. The summed E-state index contributed by atoms with van der Waals surface area (Å²) in [5.41, 5.74) is 8.83. The highest BCUT2D eigenvalue weighted by atomic mass is 16.5. The third kappa shape index (κ3) is 4.56. The van der Waals surface area contributed by atoms with Crippen LogP contribution in [0.15, 0.2) is 146 Å². The van der Waals surface area contributed by atoms with Crippen LogP contribution in [-0.4, -0.2) is 26.9 Å². The minimum Gasteiger partial charge on any atom is -0.481 e. The number of hydrogen-bond acceptors (Lipinski definition) is 4. The van der Waals surface area contributed by atoms with Crippen LogP contribution < -0.4 is 4.74 Å². The summed E-state index contributed by atoms with van der Waals surface area (Å²) in [5.74, 6) is 0.588. The van der Waals surface area contributed by atoms with Crippen molar-refractivity contribution in [2.24, 2.45) is 0 Å². The Bertz CT molecular complexity index is 1900. The molecule has 0 saturated heterocycles. The molecule has 3 aromatic heterocycles. The predicted molar refractivity (Wildman–Crippen MR) is 172 cm³/mol. The molecule has 43 heavy (non-hydrogen) atoms. The molecule has 0 N–H and O–H groups in total. The van der Waals surface area contributed by atoms with Crippen LogP contribution in [0.5, 0.6) is 5.88 Å². The molecule has 208 valence electrons. The van der Waals surface area contributed by atoms with E-state index in [4.69, 9.17) is 9.84 Å². The topological polar surface area (TPSA) is 52.8 Å². The molecule has 3 heterocycles. The zero-order chi connectivity index (χ0) is 29.2. The van der Waals surface area contributed by atoms with E-state index in [-0.39, 0.29) is 0 Å². The van der Waals surface area contributed by atoms with Gasteiger partial charge in [-0.2, -0.15) is 5.10 Å². The summed E-state index contributed by atoms with van der Waals surface area (Å²) in [6.45, 7) is 2.08. The van der Waals surface area contributed by atoms with E-state index >= 15 is 0 Å². The fourth-order valence-electron chi connectivity index (χ4n) is 6.08. The Morgan fingerprint density at radius 3 is 1.79 bits per heavy atom. The molecule has 0 atom stereocenters. The van der Waals surface area contributed by atoms with Gasteiger partial charge >= 0.3 is 0 Å². The number of benzene rings is 4. The van der Waals surface area contributed by atoms with Gasteiger partial charge in [0.2, 0.25) is 5.88 Å². The van der Waals surface area contributed by atoms with E-state index in [0.29, 0.717) is 5.88 Å². The molecule has 5 heteroatoms. The normalized spacial score (nSPS) is 11.5. The van der Waals surface area contributed by atoms with Crippen LogP contribution in [0.25, 0.3) is 33.2 Å². The van der Waals surface area contributed by atoms with Crippen LogP contribution in [0, 0.1) is 6.92 Å². The summed E-state index contributed by atoms with van der Waals surface area (Å²) in [7, 11) is 1.63. The summed E-state index contributed by atoms with van der Waals surface area (Å²) in [6, 6.07) is 44.3. The molecule has 0 fully saturated rings. The molecule has 0 radical (unpaired) electrons. The number of nitrogens with zero attached hydrogens (tertiary/aromatic N) is 4. The largest absolute Gasteiger partial charge is 0.481 e. The maximum absolute atomic E-state index is 5.28. The third-order valence-corrected chi connectivity index (χ3v) is 8.13. The molecule has 5 nitrogen and oxygen atoms in total. The molecule has 7 rings (SSSR count). The van der Waals surface area contributed by atoms with Gasteiger partial charge in [0, 0.05) is 41.2 Å². The number of aromatic nitrogens is 4. The summed E-state index contributed by atoms with van der Waals surface area (Å²) in [4.78, 5) is 9.09. The van der Waals surface area contributed by atoms with Gasteiger partial charge < -0.3 is 4.74 Å². The van der Waals surface area contributed by atoms with E-state index in [1.165, 1.54) is 0 Å². The van der Waals surface area contributed by atoms with Crippen LogP contribution in [0.1, 0.15) is 22.4 Å². The lowest BCUT2D eigenvalue weighted by molar-refractivity contribution is 0.398. The van der Waals surface area contributed by atoms with Crippen LogP contribution in [-0.2, 0) is 5.54 Å².